The number of aromatic nitrogens is 1. The highest BCUT2D eigenvalue weighted by molar-refractivity contribution is 7.98. The van der Waals surface area contributed by atoms with E-state index in [1.165, 1.54) is 79.9 Å². The molecule has 0 bridgehead atoms. The molecule has 0 saturated heterocycles. The summed E-state index contributed by atoms with van der Waals surface area (Å²) < 4.78 is 35.8. The van der Waals surface area contributed by atoms with Crippen molar-refractivity contribution in [3.05, 3.63) is 65.9 Å². The number of unbranched alkanes of at least 4 members (excludes halogenated alkanes) is 9. The molecule has 0 spiro atoms. The van der Waals surface area contributed by atoms with Gasteiger partial charge >= 0.3 is 22.3 Å². The summed E-state index contributed by atoms with van der Waals surface area (Å²) in [7, 11) is -4.84. The molecule has 0 aliphatic heterocycles. The lowest BCUT2D eigenvalue weighted by atomic mass is 10.0. The summed E-state index contributed by atoms with van der Waals surface area (Å²) in [4.78, 5) is 122. The summed E-state index contributed by atoms with van der Waals surface area (Å²) in [5.74, 6) is -7.75. The minimum atomic E-state index is -4.84. The van der Waals surface area contributed by atoms with Crippen LogP contribution in [0.25, 0.3) is 10.9 Å². The van der Waals surface area contributed by atoms with Gasteiger partial charge in [0.2, 0.25) is 41.4 Å². The molecule has 3 aromatic rings. The Labute approximate surface area is 463 Å². The van der Waals surface area contributed by atoms with Crippen LogP contribution in [0.3, 0.4) is 0 Å². The van der Waals surface area contributed by atoms with Crippen LogP contribution in [0.1, 0.15) is 114 Å². The number of benzene rings is 2. The first-order chi connectivity index (χ1) is 37.2. The fourth-order valence-electron chi connectivity index (χ4n) is 8.16. The Kier molecular flexibility index (Phi) is 30.3. The number of aliphatic carboxylic acids is 2. The fourth-order valence-corrected chi connectivity index (χ4v) is 9.45. The van der Waals surface area contributed by atoms with E-state index < -0.39 is 120 Å². The van der Waals surface area contributed by atoms with Gasteiger partial charge < -0.3 is 56.6 Å². The number of carbonyl (C=O) groups excluding carboxylic acids is 7. The van der Waals surface area contributed by atoms with Gasteiger partial charge in [-0.1, -0.05) is 95.0 Å². The van der Waals surface area contributed by atoms with Gasteiger partial charge in [0, 0.05) is 42.9 Å². The van der Waals surface area contributed by atoms with Crippen molar-refractivity contribution in [3.63, 3.8) is 0 Å². The van der Waals surface area contributed by atoms with E-state index in [-0.39, 0.29) is 38.0 Å². The number of nitrogens with one attached hydrogen (secondary N) is 8. The predicted molar refractivity (Wildman–Crippen MR) is 297 cm³/mol. The van der Waals surface area contributed by atoms with Crippen LogP contribution in [0.5, 0.6) is 5.75 Å². The van der Waals surface area contributed by atoms with Gasteiger partial charge in [-0.3, -0.25) is 47.7 Å². The summed E-state index contributed by atoms with van der Waals surface area (Å²) in [5.41, 5.74) is 1.72. The van der Waals surface area contributed by atoms with E-state index in [4.69, 9.17) is 9.66 Å². The molecule has 2 aromatic carbocycles. The van der Waals surface area contributed by atoms with Gasteiger partial charge in [-0.05, 0) is 72.6 Å². The van der Waals surface area contributed by atoms with Gasteiger partial charge in [-0.25, -0.2) is 0 Å². The molecule has 23 nitrogen and oxygen atoms in total. The Morgan fingerprint density at radius 2 is 1.12 bits per heavy atom. The average molecular weight is 1150 g/mol. The van der Waals surface area contributed by atoms with E-state index in [2.05, 4.69) is 53.3 Å². The maximum atomic E-state index is 14.3. The molecule has 7 amide bonds. The number of aromatic amines is 1. The second-order valence-corrected chi connectivity index (χ2v) is 21.6. The second kappa shape index (κ2) is 35.9. The highest BCUT2D eigenvalue weighted by Gasteiger charge is 2.32. The van der Waals surface area contributed by atoms with Crippen molar-refractivity contribution in [2.24, 2.45) is 0 Å². The van der Waals surface area contributed by atoms with Gasteiger partial charge in [-0.2, -0.15) is 31.9 Å². The van der Waals surface area contributed by atoms with E-state index >= 15 is 0 Å². The minimum Gasteiger partial charge on any atom is -0.481 e. The Bertz CT molecular complexity index is 2550. The Hall–Kier alpha value is -6.38. The van der Waals surface area contributed by atoms with Crippen molar-refractivity contribution >= 4 is 98.1 Å². The molecule has 432 valence electrons. The first-order valence-corrected chi connectivity index (χ1v) is 30.2. The molecule has 0 saturated carbocycles. The van der Waals surface area contributed by atoms with Crippen LogP contribution in [-0.2, 0) is 66.4 Å². The third-order valence-electron chi connectivity index (χ3n) is 12.3. The molecule has 0 radical (unpaired) electrons. The van der Waals surface area contributed by atoms with E-state index in [0.29, 0.717) is 29.1 Å². The first-order valence-electron chi connectivity index (χ1n) is 26.0. The number of hydrogen-bond donors (Lipinski definition) is 11. The number of carboxylic acid groups (broad SMARTS) is 2. The quantitative estimate of drug-likeness (QED) is 0.0286. The summed E-state index contributed by atoms with van der Waals surface area (Å²) in [6.45, 7) is 1.77. The smallest absolute Gasteiger partial charge is 0.446 e. The van der Waals surface area contributed by atoms with Crippen LogP contribution in [0.15, 0.2) is 54.7 Å². The maximum Gasteiger partial charge on any atom is 0.446 e. The van der Waals surface area contributed by atoms with Crippen LogP contribution in [0.4, 0.5) is 0 Å². The predicted octanol–water partition coefficient (Wildman–Crippen LogP) is 3.56. The molecule has 78 heavy (non-hydrogen) atoms. The average Bonchev–Trinajstić information content (AvgIpc) is 3.82. The molecule has 1 heterocycles. The number of para-hydroxylation sites is 1. The van der Waals surface area contributed by atoms with Crippen molar-refractivity contribution in [1.29, 1.82) is 0 Å². The molecule has 0 aliphatic rings. The van der Waals surface area contributed by atoms with Crippen LogP contribution in [-0.4, -0.2) is 149 Å². The number of carbonyl (C=O) groups is 9. The molecule has 26 heteroatoms. The zero-order chi connectivity index (χ0) is 57.5. The van der Waals surface area contributed by atoms with Gasteiger partial charge in [0.15, 0.2) is 0 Å². The van der Waals surface area contributed by atoms with Crippen molar-refractivity contribution in [2.75, 3.05) is 37.1 Å². The highest BCUT2D eigenvalue weighted by atomic mass is 32.3. The van der Waals surface area contributed by atoms with Crippen molar-refractivity contribution < 1.29 is 70.5 Å². The maximum absolute atomic E-state index is 14.3. The zero-order valence-corrected chi connectivity index (χ0v) is 46.8. The summed E-state index contributed by atoms with van der Waals surface area (Å²) in [5, 5.41) is 37.7. The number of carboxylic acids is 2. The van der Waals surface area contributed by atoms with E-state index in [0.717, 1.165) is 36.6 Å². The van der Waals surface area contributed by atoms with Gasteiger partial charge in [0.1, 0.15) is 36.0 Å². The van der Waals surface area contributed by atoms with Gasteiger partial charge in [0.05, 0.1) is 19.4 Å². The third kappa shape index (κ3) is 26.3. The van der Waals surface area contributed by atoms with Crippen molar-refractivity contribution in [2.45, 2.75) is 146 Å². The van der Waals surface area contributed by atoms with Gasteiger partial charge in [0.25, 0.3) is 0 Å². The zero-order valence-electron chi connectivity index (χ0n) is 44.4. The van der Waals surface area contributed by atoms with E-state index in [1.807, 2.05) is 18.2 Å². The standard InChI is InChI=1S/C52H76N8O15S3/c1-4-5-6-7-8-9-10-11-12-15-26-53-49(68)43(31-47(65)66)60-50(69)40(25-28-77-3)59-52(71)42(30-35-32-54-38-17-14-13-16-37(35)38)57-45(62)33-55-48(67)39(24-27-76-2)58-51(70)41(56-44(61)22-23-46(63)64)29-34-18-20-36(21-19-34)75-78(72,73)74/h13-14,16-21,32,39-43,54H,4-12,15,22-31,33H2,1-3H3,(H,53,68)(H,55,67)(H,56,61)(H,57,62)(H,58,70)(H,59,71)(H,60,69)(H,63,64)(H,65,66)(H,72,73,74)/t39-,40-,41-,42-,43-/m0/s1. The SMILES string of the molecule is CCCCCCCCCCCCNC(=O)[C@H](CC(=O)O)NC(=O)[C@H](CCSC)NC(=O)[C@H](Cc1c[nH]c2ccccc12)NC(=O)CNC(=O)[C@H](CCSC)NC(=O)[C@H](Cc1ccc(OS(=O)(=O)O)cc1)NC(=O)CCC(=O)O. The summed E-state index contributed by atoms with van der Waals surface area (Å²) >= 11 is 2.72. The molecule has 0 aliphatic carbocycles. The second-order valence-electron chi connectivity index (χ2n) is 18.6. The molecular formula is C52H76N8O15S3. The number of thioether (sulfide) groups is 2. The third-order valence-corrected chi connectivity index (χ3v) is 14.0. The number of hydrogen-bond acceptors (Lipinski definition) is 14. The van der Waals surface area contributed by atoms with Gasteiger partial charge in [-0.15, -0.1) is 0 Å². The van der Waals surface area contributed by atoms with Crippen molar-refractivity contribution in [3.8, 4) is 5.75 Å². The van der Waals surface area contributed by atoms with E-state index in [1.54, 1.807) is 24.8 Å². The molecule has 0 unspecified atom stereocenters. The lowest BCUT2D eigenvalue weighted by Crippen LogP contribution is -2.58. The molecule has 0 fully saturated rings. The summed E-state index contributed by atoms with van der Waals surface area (Å²) in [6.07, 6.45) is 14.1. The lowest BCUT2D eigenvalue weighted by Gasteiger charge is -2.25. The minimum absolute atomic E-state index is 0.0428. The van der Waals surface area contributed by atoms with Crippen LogP contribution < -0.4 is 41.4 Å². The van der Waals surface area contributed by atoms with Crippen molar-refractivity contribution in [1.82, 2.24) is 42.2 Å². The number of amides is 7. The Morgan fingerprint density at radius 1 is 0.590 bits per heavy atom. The Morgan fingerprint density at radius 3 is 1.69 bits per heavy atom. The molecular weight excluding hydrogens is 1070 g/mol. The largest absolute Gasteiger partial charge is 0.481 e. The topological polar surface area (TPSA) is 358 Å². The number of rotatable bonds is 40. The van der Waals surface area contributed by atoms with E-state index in [9.17, 15) is 56.7 Å². The molecule has 3 rings (SSSR count). The first kappa shape index (κ1) is 65.9. The number of fused-ring (bicyclic) bond motifs is 1. The number of H-pyrrole nitrogens is 1. The summed E-state index contributed by atoms with van der Waals surface area (Å²) in [6, 6.07) is 5.53. The van der Waals surface area contributed by atoms with Crippen LogP contribution in [0, 0.1) is 0 Å². The Balaban J connectivity index is 1.77. The fraction of sp³-hybridized carbons (Fsp3) is 0.558. The molecule has 1 aromatic heterocycles. The van der Waals surface area contributed by atoms with Crippen LogP contribution in [0.2, 0.25) is 0 Å². The normalized spacial score (nSPS) is 13.2. The molecule has 11 N–H and O–H groups in total. The highest BCUT2D eigenvalue weighted by Crippen LogP contribution is 2.20. The monoisotopic (exact) mass is 1150 g/mol. The molecule has 5 atom stereocenters. The van der Waals surface area contributed by atoms with Crippen LogP contribution >= 0.6 is 23.5 Å². The lowest BCUT2D eigenvalue weighted by molar-refractivity contribution is -0.141.